The van der Waals surface area contributed by atoms with Crippen LogP contribution in [-0.4, -0.2) is 34.0 Å². The first kappa shape index (κ1) is 16.9. The van der Waals surface area contributed by atoms with Crippen LogP contribution in [0.4, 0.5) is 4.39 Å². The Bertz CT molecular complexity index is 731. The fourth-order valence-electron chi connectivity index (χ4n) is 2.96. The van der Waals surface area contributed by atoms with Crippen LogP contribution in [0.1, 0.15) is 24.1 Å². The molecule has 1 N–H and O–H groups in total. The lowest BCUT2D eigenvalue weighted by Crippen LogP contribution is -2.46. The van der Waals surface area contributed by atoms with Crippen molar-refractivity contribution in [3.05, 3.63) is 64.7 Å². The number of benzene rings is 1. The van der Waals surface area contributed by atoms with Crippen molar-refractivity contribution in [3.63, 3.8) is 0 Å². The highest BCUT2D eigenvalue weighted by Crippen LogP contribution is 2.31. The van der Waals surface area contributed by atoms with Gasteiger partial charge in [-0.2, -0.15) is 0 Å². The van der Waals surface area contributed by atoms with E-state index in [-0.39, 0.29) is 17.4 Å². The maximum absolute atomic E-state index is 13.1. The van der Waals surface area contributed by atoms with Gasteiger partial charge in [-0.05, 0) is 42.7 Å². The average molecular weight is 349 g/mol. The van der Waals surface area contributed by atoms with E-state index in [4.69, 9.17) is 11.6 Å². The molecule has 0 unspecified atom stereocenters. The molecule has 4 nitrogen and oxygen atoms in total. The van der Waals surface area contributed by atoms with Gasteiger partial charge in [0.05, 0.1) is 12.1 Å². The van der Waals surface area contributed by atoms with Crippen LogP contribution < -0.4 is 0 Å². The molecule has 0 aliphatic carbocycles. The first-order chi connectivity index (χ1) is 11.5. The van der Waals surface area contributed by atoms with Crippen molar-refractivity contribution in [1.82, 2.24) is 9.88 Å². The summed E-state index contributed by atoms with van der Waals surface area (Å²) in [5.74, 6) is -0.499. The highest BCUT2D eigenvalue weighted by atomic mass is 35.5. The topological polar surface area (TPSA) is 53.4 Å². The molecule has 24 heavy (non-hydrogen) atoms. The number of hydrogen-bond acceptors (Lipinski definition) is 3. The van der Waals surface area contributed by atoms with Crippen LogP contribution in [0.25, 0.3) is 0 Å². The molecule has 3 rings (SSSR count). The van der Waals surface area contributed by atoms with Gasteiger partial charge in [0.15, 0.2) is 0 Å². The van der Waals surface area contributed by atoms with Crippen molar-refractivity contribution in [3.8, 4) is 0 Å². The van der Waals surface area contributed by atoms with Crippen LogP contribution >= 0.6 is 11.6 Å². The monoisotopic (exact) mass is 348 g/mol. The largest absolute Gasteiger partial charge is 0.383 e. The maximum atomic E-state index is 13.1. The van der Waals surface area contributed by atoms with Gasteiger partial charge in [0.25, 0.3) is 0 Å². The Kier molecular flexibility index (Phi) is 4.83. The number of likely N-dealkylation sites (tertiary alicyclic amines) is 1. The molecule has 1 aliphatic heterocycles. The summed E-state index contributed by atoms with van der Waals surface area (Å²) in [7, 11) is 0. The van der Waals surface area contributed by atoms with E-state index in [2.05, 4.69) is 4.98 Å². The quantitative estimate of drug-likeness (QED) is 0.928. The standard InChI is InChI=1S/C18H18ClFN2O2/c19-15-12-14(20)5-4-13(15)11-17(23)22-9-6-18(24,7-10-22)16-3-1-2-8-21-16/h1-5,8,12,24H,6-7,9-11H2. The molecule has 6 heteroatoms. The summed E-state index contributed by atoms with van der Waals surface area (Å²) >= 11 is 5.98. The predicted octanol–water partition coefficient (Wildman–Crippen LogP) is 2.93. The number of aromatic nitrogens is 1. The third-order valence-corrected chi connectivity index (χ3v) is 4.79. The number of aliphatic hydroxyl groups is 1. The minimum atomic E-state index is -0.994. The van der Waals surface area contributed by atoms with Gasteiger partial charge in [0.2, 0.25) is 5.91 Å². The van der Waals surface area contributed by atoms with E-state index in [0.717, 1.165) is 0 Å². The molecule has 1 saturated heterocycles. The summed E-state index contributed by atoms with van der Waals surface area (Å²) in [6, 6.07) is 9.48. The van der Waals surface area contributed by atoms with Crippen LogP contribution in [-0.2, 0) is 16.8 Å². The zero-order valence-electron chi connectivity index (χ0n) is 13.1. The normalized spacial score (nSPS) is 16.9. The van der Waals surface area contributed by atoms with Crippen LogP contribution in [0.2, 0.25) is 5.02 Å². The first-order valence-electron chi connectivity index (χ1n) is 7.83. The number of hydrogen-bond donors (Lipinski definition) is 1. The van der Waals surface area contributed by atoms with Crippen molar-refractivity contribution in [1.29, 1.82) is 0 Å². The number of nitrogens with zero attached hydrogens (tertiary/aromatic N) is 2. The molecular formula is C18H18ClFN2O2. The molecule has 2 heterocycles. The van der Waals surface area contributed by atoms with Gasteiger partial charge in [-0.25, -0.2) is 4.39 Å². The number of pyridine rings is 1. The Morgan fingerprint density at radius 1 is 1.29 bits per heavy atom. The van der Waals surface area contributed by atoms with E-state index < -0.39 is 11.4 Å². The van der Waals surface area contributed by atoms with Crippen molar-refractivity contribution in [2.45, 2.75) is 24.9 Å². The van der Waals surface area contributed by atoms with Gasteiger partial charge in [-0.15, -0.1) is 0 Å². The molecule has 2 aromatic rings. The lowest BCUT2D eigenvalue weighted by Gasteiger charge is -2.37. The molecule has 0 atom stereocenters. The van der Waals surface area contributed by atoms with Crippen molar-refractivity contribution in [2.24, 2.45) is 0 Å². The third kappa shape index (κ3) is 3.57. The van der Waals surface area contributed by atoms with Gasteiger partial charge in [0.1, 0.15) is 11.4 Å². The predicted molar refractivity (Wildman–Crippen MR) is 89.1 cm³/mol. The number of piperidine rings is 1. The molecule has 0 bridgehead atoms. The summed E-state index contributed by atoms with van der Waals surface area (Å²) in [5.41, 5.74) is 0.248. The highest BCUT2D eigenvalue weighted by molar-refractivity contribution is 6.31. The second kappa shape index (κ2) is 6.87. The molecule has 0 saturated carbocycles. The van der Waals surface area contributed by atoms with Gasteiger partial charge in [0, 0.05) is 24.3 Å². The number of carbonyl (C=O) groups is 1. The van der Waals surface area contributed by atoms with E-state index in [1.54, 1.807) is 23.2 Å². The summed E-state index contributed by atoms with van der Waals surface area (Å²) in [5, 5.41) is 11.0. The summed E-state index contributed by atoms with van der Waals surface area (Å²) in [4.78, 5) is 18.4. The number of rotatable bonds is 3. The van der Waals surface area contributed by atoms with Crippen molar-refractivity contribution < 1.29 is 14.3 Å². The minimum absolute atomic E-state index is 0.0772. The molecule has 1 fully saturated rings. The zero-order chi connectivity index (χ0) is 17.2. The fraction of sp³-hybridized carbons (Fsp3) is 0.333. The van der Waals surface area contributed by atoms with Gasteiger partial charge in [-0.1, -0.05) is 23.7 Å². The summed E-state index contributed by atoms with van der Waals surface area (Å²) in [6.45, 7) is 0.898. The van der Waals surface area contributed by atoms with Crippen molar-refractivity contribution in [2.75, 3.05) is 13.1 Å². The lowest BCUT2D eigenvalue weighted by molar-refractivity contribution is -0.135. The average Bonchev–Trinajstić information content (AvgIpc) is 2.59. The first-order valence-corrected chi connectivity index (χ1v) is 8.21. The van der Waals surface area contributed by atoms with Crippen LogP contribution in [0.5, 0.6) is 0 Å². The van der Waals surface area contributed by atoms with Crippen molar-refractivity contribution >= 4 is 17.5 Å². The molecule has 1 aliphatic rings. The summed E-state index contributed by atoms with van der Waals surface area (Å²) < 4.78 is 13.1. The second-order valence-electron chi connectivity index (χ2n) is 6.04. The van der Waals surface area contributed by atoms with E-state index in [0.29, 0.717) is 37.2 Å². The lowest BCUT2D eigenvalue weighted by atomic mass is 9.87. The maximum Gasteiger partial charge on any atom is 0.227 e. The van der Waals surface area contributed by atoms with Gasteiger partial charge >= 0.3 is 0 Å². The molecule has 0 spiro atoms. The van der Waals surface area contributed by atoms with E-state index >= 15 is 0 Å². The van der Waals surface area contributed by atoms with Crippen LogP contribution in [0, 0.1) is 5.82 Å². The second-order valence-corrected chi connectivity index (χ2v) is 6.45. The van der Waals surface area contributed by atoms with E-state index in [1.165, 1.54) is 18.2 Å². The van der Waals surface area contributed by atoms with Gasteiger partial charge < -0.3 is 10.0 Å². The Morgan fingerprint density at radius 2 is 2.04 bits per heavy atom. The van der Waals surface area contributed by atoms with Gasteiger partial charge in [-0.3, -0.25) is 9.78 Å². The summed E-state index contributed by atoms with van der Waals surface area (Å²) in [6.07, 6.45) is 2.66. The van der Waals surface area contributed by atoms with Crippen LogP contribution in [0.15, 0.2) is 42.6 Å². The Balaban J connectivity index is 1.63. The smallest absolute Gasteiger partial charge is 0.227 e. The molecule has 0 radical (unpaired) electrons. The molecule has 1 aromatic heterocycles. The third-order valence-electron chi connectivity index (χ3n) is 4.44. The van der Waals surface area contributed by atoms with E-state index in [1.807, 2.05) is 6.07 Å². The fourth-order valence-corrected chi connectivity index (χ4v) is 3.19. The number of halogens is 2. The van der Waals surface area contributed by atoms with E-state index in [9.17, 15) is 14.3 Å². The van der Waals surface area contributed by atoms with Crippen LogP contribution in [0.3, 0.4) is 0 Å². The Morgan fingerprint density at radius 3 is 2.67 bits per heavy atom. The molecular weight excluding hydrogens is 331 g/mol. The molecule has 1 amide bonds. The SMILES string of the molecule is O=C(Cc1ccc(F)cc1Cl)N1CCC(O)(c2ccccn2)CC1. The highest BCUT2D eigenvalue weighted by Gasteiger charge is 2.36. The zero-order valence-corrected chi connectivity index (χ0v) is 13.8. The molecule has 1 aromatic carbocycles. The Hall–Kier alpha value is -1.98. The Labute approximate surface area is 144 Å². The number of carbonyl (C=O) groups excluding carboxylic acids is 1. The number of amides is 1. The molecule has 126 valence electrons. The minimum Gasteiger partial charge on any atom is -0.383 e.